The van der Waals surface area contributed by atoms with Crippen LogP contribution in [-0.2, 0) is 20.8 Å². The third-order valence-electron chi connectivity index (χ3n) is 3.27. The lowest BCUT2D eigenvalue weighted by molar-refractivity contribution is 0.0123. The molecule has 2 aliphatic rings. The molecule has 0 saturated carbocycles. The summed E-state index contributed by atoms with van der Waals surface area (Å²) in [7, 11) is 0. The highest BCUT2D eigenvalue weighted by Crippen LogP contribution is 2.25. The molecule has 0 radical (unpaired) electrons. The molecule has 3 rings (SSSR count). The van der Waals surface area contributed by atoms with Crippen molar-refractivity contribution in [2.75, 3.05) is 18.5 Å². The molecule has 2 aliphatic heterocycles. The summed E-state index contributed by atoms with van der Waals surface area (Å²) in [5, 5.41) is 2.73. The maximum Gasteiger partial charge on any atom is 0.412 e. The zero-order chi connectivity index (χ0) is 15.7. The zero-order valence-electron chi connectivity index (χ0n) is 13.0. The topological polar surface area (TPSA) is 69.2 Å². The minimum absolute atomic E-state index is 0.195. The van der Waals surface area contributed by atoms with Crippen LogP contribution in [0.3, 0.4) is 0 Å². The normalized spacial score (nSPS) is 19.3. The number of hydrogen-bond acceptors (Lipinski definition) is 5. The van der Waals surface area contributed by atoms with Crippen LogP contribution < -0.4 is 5.32 Å². The van der Waals surface area contributed by atoms with Crippen LogP contribution in [0.25, 0.3) is 0 Å². The maximum absolute atomic E-state index is 11.8. The minimum atomic E-state index is -0.519. The predicted octanol–water partition coefficient (Wildman–Crippen LogP) is 2.71. The molecule has 0 unspecified atom stereocenters. The molecule has 0 atom stereocenters. The lowest BCUT2D eigenvalue weighted by Crippen LogP contribution is -2.32. The van der Waals surface area contributed by atoms with Crippen LogP contribution in [0.15, 0.2) is 23.2 Å². The molecule has 6 heteroatoms. The number of carbonyl (C=O) groups excluding carboxylic acids is 1. The van der Waals surface area contributed by atoms with Crippen molar-refractivity contribution in [3.63, 3.8) is 0 Å². The molecule has 1 amide bonds. The Labute approximate surface area is 129 Å². The van der Waals surface area contributed by atoms with E-state index in [1.54, 1.807) is 0 Å². The summed E-state index contributed by atoms with van der Waals surface area (Å²) in [5.41, 5.74) is 2.15. The lowest BCUT2D eigenvalue weighted by Gasteiger charge is -2.22. The van der Waals surface area contributed by atoms with Crippen molar-refractivity contribution in [2.24, 2.45) is 4.99 Å². The number of ether oxygens (including phenoxy) is 3. The van der Waals surface area contributed by atoms with E-state index in [-0.39, 0.29) is 6.04 Å². The second-order valence-corrected chi connectivity index (χ2v) is 6.41. The number of amides is 1. The van der Waals surface area contributed by atoms with Gasteiger partial charge in [0, 0.05) is 16.8 Å². The van der Waals surface area contributed by atoms with Crippen LogP contribution in [0.2, 0.25) is 0 Å². The molecule has 2 heterocycles. The second kappa shape index (κ2) is 5.61. The molecule has 6 nitrogen and oxygen atoms in total. The maximum atomic E-state index is 11.8. The van der Waals surface area contributed by atoms with Gasteiger partial charge in [0.15, 0.2) is 0 Å². The number of fused-ring (bicyclic) bond motifs is 1. The summed E-state index contributed by atoms with van der Waals surface area (Å²) < 4.78 is 16.0. The second-order valence-electron chi connectivity index (χ2n) is 6.41. The van der Waals surface area contributed by atoms with Gasteiger partial charge < -0.3 is 14.2 Å². The number of hydrogen-bond donors (Lipinski definition) is 1. The standard InChI is InChI=1S/C16H20N2O4/c1-16(2,3)22-15(19)18-11-4-5-13-10(6-11)7-21-14(13)17-12-8-20-9-12/h4-6,12H,7-9H2,1-3H3,(H,18,19). The monoisotopic (exact) mass is 304 g/mol. The van der Waals surface area contributed by atoms with Crippen molar-refractivity contribution in [3.05, 3.63) is 29.3 Å². The van der Waals surface area contributed by atoms with Gasteiger partial charge in [-0.05, 0) is 39.0 Å². The van der Waals surface area contributed by atoms with Crippen molar-refractivity contribution < 1.29 is 19.0 Å². The highest BCUT2D eigenvalue weighted by atomic mass is 16.6. The van der Waals surface area contributed by atoms with E-state index in [2.05, 4.69) is 10.3 Å². The van der Waals surface area contributed by atoms with Gasteiger partial charge in [-0.1, -0.05) is 0 Å². The molecule has 22 heavy (non-hydrogen) atoms. The van der Waals surface area contributed by atoms with Crippen LogP contribution in [-0.4, -0.2) is 36.8 Å². The number of anilines is 1. The van der Waals surface area contributed by atoms with Crippen molar-refractivity contribution >= 4 is 17.7 Å². The van der Waals surface area contributed by atoms with Crippen LogP contribution in [0.4, 0.5) is 10.5 Å². The van der Waals surface area contributed by atoms with E-state index < -0.39 is 11.7 Å². The quantitative estimate of drug-likeness (QED) is 0.912. The number of carbonyl (C=O) groups is 1. The summed E-state index contributed by atoms with van der Waals surface area (Å²) in [6, 6.07) is 5.82. The first kappa shape index (κ1) is 14.8. The molecule has 0 aliphatic carbocycles. The average molecular weight is 304 g/mol. The fourth-order valence-electron chi connectivity index (χ4n) is 2.22. The van der Waals surface area contributed by atoms with Gasteiger partial charge in [-0.2, -0.15) is 0 Å². The fourth-order valence-corrected chi connectivity index (χ4v) is 2.22. The Morgan fingerprint density at radius 1 is 1.36 bits per heavy atom. The first-order valence-corrected chi connectivity index (χ1v) is 7.32. The Morgan fingerprint density at radius 3 is 2.77 bits per heavy atom. The lowest BCUT2D eigenvalue weighted by atomic mass is 10.1. The molecule has 118 valence electrons. The van der Waals surface area contributed by atoms with Crippen LogP contribution in [0.5, 0.6) is 0 Å². The summed E-state index contributed by atoms with van der Waals surface area (Å²) >= 11 is 0. The molecule has 1 fully saturated rings. The minimum Gasteiger partial charge on any atom is -0.473 e. The van der Waals surface area contributed by atoms with Gasteiger partial charge in [-0.25, -0.2) is 9.79 Å². The number of rotatable bonds is 2. The summed E-state index contributed by atoms with van der Waals surface area (Å²) in [4.78, 5) is 16.3. The Morgan fingerprint density at radius 2 is 2.14 bits per heavy atom. The van der Waals surface area contributed by atoms with Gasteiger partial charge >= 0.3 is 6.09 Å². The van der Waals surface area contributed by atoms with Crippen molar-refractivity contribution in [1.82, 2.24) is 0 Å². The molecule has 1 aromatic rings. The number of aliphatic imine (C=N–C) groups is 1. The van der Waals surface area contributed by atoms with E-state index >= 15 is 0 Å². The molecule has 0 aromatic heterocycles. The molecule has 1 N–H and O–H groups in total. The number of nitrogens with one attached hydrogen (secondary N) is 1. The smallest absolute Gasteiger partial charge is 0.412 e. The average Bonchev–Trinajstić information content (AvgIpc) is 2.73. The summed E-state index contributed by atoms with van der Waals surface area (Å²) in [6.07, 6.45) is -0.466. The largest absolute Gasteiger partial charge is 0.473 e. The van der Waals surface area contributed by atoms with Gasteiger partial charge in [-0.15, -0.1) is 0 Å². The molecular weight excluding hydrogens is 284 g/mol. The summed E-state index contributed by atoms with van der Waals surface area (Å²) in [6.45, 7) is 7.26. The van der Waals surface area contributed by atoms with Gasteiger partial charge in [-0.3, -0.25) is 5.32 Å². The van der Waals surface area contributed by atoms with E-state index in [4.69, 9.17) is 14.2 Å². The third kappa shape index (κ3) is 3.39. The third-order valence-corrected chi connectivity index (χ3v) is 3.27. The Bertz CT molecular complexity index is 615. The van der Waals surface area contributed by atoms with Gasteiger partial charge in [0.25, 0.3) is 0 Å². The molecular formula is C16H20N2O4. The van der Waals surface area contributed by atoms with E-state index in [1.807, 2.05) is 39.0 Å². The first-order chi connectivity index (χ1) is 10.4. The van der Waals surface area contributed by atoms with E-state index in [9.17, 15) is 4.79 Å². The fraction of sp³-hybridized carbons (Fsp3) is 0.500. The Hall–Kier alpha value is -2.08. The van der Waals surface area contributed by atoms with Crippen molar-refractivity contribution in [3.8, 4) is 0 Å². The van der Waals surface area contributed by atoms with E-state index in [0.717, 1.165) is 11.1 Å². The van der Waals surface area contributed by atoms with Crippen LogP contribution in [0, 0.1) is 0 Å². The van der Waals surface area contributed by atoms with Crippen LogP contribution >= 0.6 is 0 Å². The number of benzene rings is 1. The van der Waals surface area contributed by atoms with E-state index in [0.29, 0.717) is 31.4 Å². The van der Waals surface area contributed by atoms with Gasteiger partial charge in [0.2, 0.25) is 5.90 Å². The Balaban J connectivity index is 1.70. The highest BCUT2D eigenvalue weighted by molar-refractivity contribution is 5.98. The van der Waals surface area contributed by atoms with E-state index in [1.165, 1.54) is 0 Å². The number of nitrogens with zero attached hydrogens (tertiary/aromatic N) is 1. The van der Waals surface area contributed by atoms with Gasteiger partial charge in [0.05, 0.1) is 13.2 Å². The van der Waals surface area contributed by atoms with Crippen molar-refractivity contribution in [1.29, 1.82) is 0 Å². The first-order valence-electron chi connectivity index (χ1n) is 7.32. The molecule has 1 aromatic carbocycles. The Kier molecular flexibility index (Phi) is 3.78. The molecule has 0 bridgehead atoms. The van der Waals surface area contributed by atoms with Crippen LogP contribution in [0.1, 0.15) is 31.9 Å². The van der Waals surface area contributed by atoms with Gasteiger partial charge in [0.1, 0.15) is 18.2 Å². The molecule has 0 spiro atoms. The zero-order valence-corrected chi connectivity index (χ0v) is 13.0. The highest BCUT2D eigenvalue weighted by Gasteiger charge is 2.25. The SMILES string of the molecule is CC(C)(C)OC(=O)Nc1ccc2c(c1)COC2=NC1COC1. The summed E-state index contributed by atoms with van der Waals surface area (Å²) in [5.74, 6) is 0.659. The molecule has 1 saturated heterocycles. The van der Waals surface area contributed by atoms with Crippen molar-refractivity contribution in [2.45, 2.75) is 39.0 Å². The predicted molar refractivity (Wildman–Crippen MR) is 82.2 cm³/mol.